The van der Waals surface area contributed by atoms with Crippen LogP contribution in [0.25, 0.3) is 0 Å². The molecule has 2 nitrogen and oxygen atoms in total. The van der Waals surface area contributed by atoms with Gasteiger partial charge in [0.2, 0.25) is 0 Å². The van der Waals surface area contributed by atoms with Gasteiger partial charge in [-0.25, -0.2) is 0 Å². The Morgan fingerprint density at radius 1 is 1.27 bits per heavy atom. The number of piperidine rings is 1. The van der Waals surface area contributed by atoms with E-state index in [0.29, 0.717) is 11.0 Å². The monoisotopic (exact) mass is 210 g/mol. The molecule has 2 fully saturated rings. The van der Waals surface area contributed by atoms with Crippen LogP contribution in [0.1, 0.15) is 40.5 Å². The van der Waals surface area contributed by atoms with Gasteiger partial charge in [-0.05, 0) is 54.6 Å². The zero-order valence-corrected chi connectivity index (χ0v) is 11.2. The van der Waals surface area contributed by atoms with Gasteiger partial charge < -0.3 is 4.90 Å². The molecular formula is C13H26N2. The first-order valence-corrected chi connectivity index (χ1v) is 6.19. The predicted octanol–water partition coefficient (Wildman–Crippen LogP) is 2.20. The Hall–Kier alpha value is -0.0800. The topological polar surface area (TPSA) is 6.48 Å². The van der Waals surface area contributed by atoms with Gasteiger partial charge >= 0.3 is 0 Å². The normalized spacial score (nSPS) is 41.0. The second kappa shape index (κ2) is 3.21. The van der Waals surface area contributed by atoms with Gasteiger partial charge in [-0.15, -0.1) is 0 Å². The summed E-state index contributed by atoms with van der Waals surface area (Å²) in [7, 11) is 4.41. The molecule has 15 heavy (non-hydrogen) atoms. The van der Waals surface area contributed by atoms with E-state index in [1.165, 1.54) is 19.4 Å². The number of likely N-dealkylation sites (tertiary alicyclic amines) is 1. The molecule has 2 rings (SSSR count). The summed E-state index contributed by atoms with van der Waals surface area (Å²) >= 11 is 0. The fourth-order valence-electron chi connectivity index (χ4n) is 3.93. The van der Waals surface area contributed by atoms with E-state index in [2.05, 4.69) is 51.6 Å². The van der Waals surface area contributed by atoms with Gasteiger partial charge in [0, 0.05) is 29.6 Å². The largest absolute Gasteiger partial charge is 0.309 e. The lowest BCUT2D eigenvalue weighted by atomic mass is 9.99. The molecule has 0 amide bonds. The second-order valence-electron chi connectivity index (χ2n) is 6.95. The van der Waals surface area contributed by atoms with Crippen LogP contribution in [0.5, 0.6) is 0 Å². The maximum atomic E-state index is 2.75. The molecule has 2 aliphatic rings. The van der Waals surface area contributed by atoms with Crippen molar-refractivity contribution in [2.24, 2.45) is 5.41 Å². The van der Waals surface area contributed by atoms with E-state index in [1.807, 2.05) is 0 Å². The molecule has 0 aromatic heterocycles. The third kappa shape index (κ3) is 1.83. The highest BCUT2D eigenvalue weighted by molar-refractivity contribution is 5.19. The molecule has 88 valence electrons. The molecule has 1 unspecified atom stereocenters. The average molecular weight is 210 g/mol. The third-order valence-electron chi connectivity index (χ3n) is 4.06. The van der Waals surface area contributed by atoms with Gasteiger partial charge in [0.25, 0.3) is 0 Å². The van der Waals surface area contributed by atoms with Crippen molar-refractivity contribution >= 4 is 0 Å². The standard InChI is InChI=1S/C13H26N2/c1-10-7-13(9-14(5)6)8-11(13)15(10)12(2,3)4/h10-11H,7-9H2,1-6H3/t10-,11?,13+/m1/s1. The van der Waals surface area contributed by atoms with Crippen molar-refractivity contribution < 1.29 is 0 Å². The van der Waals surface area contributed by atoms with Crippen LogP contribution in [0.3, 0.4) is 0 Å². The Labute approximate surface area is 94.6 Å². The lowest BCUT2D eigenvalue weighted by Gasteiger charge is -2.37. The van der Waals surface area contributed by atoms with Gasteiger partial charge in [-0.3, -0.25) is 4.90 Å². The molecule has 0 bridgehead atoms. The summed E-state index contributed by atoms with van der Waals surface area (Å²) in [6, 6.07) is 1.62. The van der Waals surface area contributed by atoms with Crippen LogP contribution in [0, 0.1) is 5.41 Å². The van der Waals surface area contributed by atoms with Crippen molar-refractivity contribution in [1.82, 2.24) is 9.80 Å². The first-order valence-electron chi connectivity index (χ1n) is 6.19. The van der Waals surface area contributed by atoms with Crippen molar-refractivity contribution in [3.63, 3.8) is 0 Å². The summed E-state index contributed by atoms with van der Waals surface area (Å²) in [6.07, 6.45) is 2.82. The van der Waals surface area contributed by atoms with Gasteiger partial charge in [-0.2, -0.15) is 0 Å². The van der Waals surface area contributed by atoms with E-state index >= 15 is 0 Å². The molecule has 0 aromatic carbocycles. The Morgan fingerprint density at radius 2 is 1.87 bits per heavy atom. The number of rotatable bonds is 2. The van der Waals surface area contributed by atoms with Crippen LogP contribution < -0.4 is 0 Å². The molecule has 1 heterocycles. The molecule has 0 radical (unpaired) electrons. The van der Waals surface area contributed by atoms with E-state index in [9.17, 15) is 0 Å². The highest BCUT2D eigenvalue weighted by atomic mass is 15.3. The molecule has 2 heteroatoms. The van der Waals surface area contributed by atoms with Gasteiger partial charge in [0.1, 0.15) is 0 Å². The van der Waals surface area contributed by atoms with E-state index in [4.69, 9.17) is 0 Å². The molecular weight excluding hydrogens is 184 g/mol. The van der Waals surface area contributed by atoms with Crippen LogP contribution >= 0.6 is 0 Å². The van der Waals surface area contributed by atoms with Crippen LogP contribution in [-0.4, -0.2) is 48.1 Å². The maximum absolute atomic E-state index is 2.75. The molecule has 0 N–H and O–H groups in total. The third-order valence-corrected chi connectivity index (χ3v) is 4.06. The summed E-state index contributed by atoms with van der Waals surface area (Å²) in [6.45, 7) is 10.7. The predicted molar refractivity (Wildman–Crippen MR) is 65.1 cm³/mol. The summed E-state index contributed by atoms with van der Waals surface area (Å²) in [5, 5.41) is 0. The molecule has 1 aliphatic carbocycles. The van der Waals surface area contributed by atoms with E-state index in [-0.39, 0.29) is 0 Å². The van der Waals surface area contributed by atoms with Crippen LogP contribution in [0.2, 0.25) is 0 Å². The Bertz CT molecular complexity index is 254. The Balaban J connectivity index is 2.09. The molecule has 0 aromatic rings. The number of nitrogens with zero attached hydrogens (tertiary/aromatic N) is 2. The lowest BCUT2D eigenvalue weighted by molar-refractivity contribution is 0.104. The summed E-state index contributed by atoms with van der Waals surface area (Å²) in [4.78, 5) is 5.11. The molecule has 0 spiro atoms. The minimum absolute atomic E-state index is 0.342. The second-order valence-corrected chi connectivity index (χ2v) is 6.95. The molecule has 1 saturated heterocycles. The highest BCUT2D eigenvalue weighted by Crippen LogP contribution is 2.61. The van der Waals surface area contributed by atoms with Crippen LogP contribution in [0.4, 0.5) is 0 Å². The van der Waals surface area contributed by atoms with E-state index in [1.54, 1.807) is 0 Å². The molecule has 1 saturated carbocycles. The van der Waals surface area contributed by atoms with Crippen molar-refractivity contribution in [2.45, 2.75) is 58.2 Å². The average Bonchev–Trinajstić information content (AvgIpc) is 2.50. The van der Waals surface area contributed by atoms with Crippen molar-refractivity contribution in [2.75, 3.05) is 20.6 Å². The van der Waals surface area contributed by atoms with E-state index < -0.39 is 0 Å². The zero-order valence-electron chi connectivity index (χ0n) is 11.2. The fourth-order valence-corrected chi connectivity index (χ4v) is 3.93. The summed E-state index contributed by atoms with van der Waals surface area (Å²) in [5.41, 5.74) is 0.977. The summed E-state index contributed by atoms with van der Waals surface area (Å²) in [5.74, 6) is 0. The van der Waals surface area contributed by atoms with E-state index in [0.717, 1.165) is 12.1 Å². The first kappa shape index (κ1) is 11.4. The highest BCUT2D eigenvalue weighted by Gasteiger charge is 2.64. The van der Waals surface area contributed by atoms with Gasteiger partial charge in [-0.1, -0.05) is 0 Å². The molecule has 1 aliphatic heterocycles. The van der Waals surface area contributed by atoms with Gasteiger partial charge in [0.15, 0.2) is 0 Å². The zero-order chi connectivity index (χ0) is 11.4. The number of hydrogen-bond donors (Lipinski definition) is 0. The SMILES string of the molecule is C[C@@H]1C[C@@]2(CN(C)C)CC2N1C(C)(C)C. The minimum atomic E-state index is 0.342. The van der Waals surface area contributed by atoms with Crippen LogP contribution in [0.15, 0.2) is 0 Å². The van der Waals surface area contributed by atoms with Crippen LogP contribution in [-0.2, 0) is 0 Å². The quantitative estimate of drug-likeness (QED) is 0.689. The maximum Gasteiger partial charge on any atom is 0.0179 e. The smallest absolute Gasteiger partial charge is 0.0179 e. The lowest BCUT2D eigenvalue weighted by Crippen LogP contribution is -2.45. The van der Waals surface area contributed by atoms with Crippen molar-refractivity contribution in [3.8, 4) is 0 Å². The Morgan fingerprint density at radius 3 is 2.27 bits per heavy atom. The van der Waals surface area contributed by atoms with Crippen molar-refractivity contribution in [1.29, 1.82) is 0 Å². The van der Waals surface area contributed by atoms with Crippen molar-refractivity contribution in [3.05, 3.63) is 0 Å². The minimum Gasteiger partial charge on any atom is -0.309 e. The summed E-state index contributed by atoms with van der Waals surface area (Å²) < 4.78 is 0. The Kier molecular flexibility index (Phi) is 2.44. The number of hydrogen-bond acceptors (Lipinski definition) is 2. The first-order chi connectivity index (χ1) is 6.76. The molecule has 3 atom stereocenters. The fraction of sp³-hybridized carbons (Fsp3) is 1.00. The van der Waals surface area contributed by atoms with Gasteiger partial charge in [0.05, 0.1) is 0 Å². The number of fused-ring (bicyclic) bond motifs is 1.